The number of carbonyl (C=O) groups is 4. The van der Waals surface area contributed by atoms with Crippen LogP contribution in [0.4, 0.5) is 0 Å². The van der Waals surface area contributed by atoms with Crippen LogP contribution in [0.25, 0.3) is 0 Å². The maximum Gasteiger partial charge on any atom is 0.339 e. The molecule has 0 N–H and O–H groups in total. The molecule has 11 nitrogen and oxygen atoms in total. The Morgan fingerprint density at radius 1 is 0.935 bits per heavy atom. The van der Waals surface area contributed by atoms with Crippen LogP contribution in [0, 0.1) is 0 Å². The van der Waals surface area contributed by atoms with E-state index < -0.39 is 60.9 Å². The molecule has 1 rings (SSSR count). The number of allylic oxidation sites excluding steroid dienone is 1. The average Bonchev–Trinajstić information content (AvgIpc) is 2.69. The van der Waals surface area contributed by atoms with Gasteiger partial charge in [-0.25, -0.2) is 4.79 Å². The number of hydrogen-bond acceptors (Lipinski definition) is 11. The molecular formula is C20H30O11. The quantitative estimate of drug-likeness (QED) is 0.148. The molecule has 11 heteroatoms. The summed E-state index contributed by atoms with van der Waals surface area (Å²) >= 11 is 0. The molecule has 0 bridgehead atoms. The highest BCUT2D eigenvalue weighted by Crippen LogP contribution is 2.31. The third kappa shape index (κ3) is 8.27. The predicted molar refractivity (Wildman–Crippen MR) is 103 cm³/mol. The molecule has 1 saturated heterocycles. The lowest BCUT2D eigenvalue weighted by Crippen LogP contribution is -2.64. The van der Waals surface area contributed by atoms with Crippen molar-refractivity contribution in [2.45, 2.75) is 77.0 Å². The van der Waals surface area contributed by atoms with E-state index in [1.807, 2.05) is 0 Å². The Morgan fingerprint density at radius 2 is 1.48 bits per heavy atom. The standard InChI is InChI=1S/C20H30O11/c1-7-8-9-10-14(25-5)30-20-18(29-13(4)23)16(28-12(3)22)15(27-11(2)21)17(31-20)19(24)26-6/h7,14-18,20H,1,8-10H2,2-6H3/t14-,15+,16+,17+,18-,20-/m1/s1. The number of unbranched alkanes of at least 4 members (excludes halogenated alkanes) is 1. The van der Waals surface area contributed by atoms with Crippen LogP contribution < -0.4 is 0 Å². The lowest BCUT2D eigenvalue weighted by molar-refractivity contribution is -0.332. The summed E-state index contributed by atoms with van der Waals surface area (Å²) in [6.45, 7) is 6.99. The van der Waals surface area contributed by atoms with Crippen LogP contribution in [0.5, 0.6) is 0 Å². The fraction of sp³-hybridized carbons (Fsp3) is 0.700. The number of methoxy groups -OCH3 is 2. The van der Waals surface area contributed by atoms with Crippen LogP contribution in [0.15, 0.2) is 12.7 Å². The molecule has 0 saturated carbocycles. The zero-order valence-electron chi connectivity index (χ0n) is 18.4. The van der Waals surface area contributed by atoms with Gasteiger partial charge in [0.1, 0.15) is 0 Å². The van der Waals surface area contributed by atoms with Gasteiger partial charge in [0.2, 0.25) is 6.29 Å². The summed E-state index contributed by atoms with van der Waals surface area (Å²) < 4.78 is 37.2. The molecule has 0 aromatic rings. The van der Waals surface area contributed by atoms with Crippen LogP contribution in [0.2, 0.25) is 0 Å². The number of ether oxygens (including phenoxy) is 7. The highest BCUT2D eigenvalue weighted by atomic mass is 16.8. The van der Waals surface area contributed by atoms with Gasteiger partial charge >= 0.3 is 23.9 Å². The minimum absolute atomic E-state index is 0.434. The van der Waals surface area contributed by atoms with E-state index in [0.717, 1.165) is 27.9 Å². The van der Waals surface area contributed by atoms with Crippen LogP contribution >= 0.6 is 0 Å². The Bertz CT molecular complexity index is 647. The first-order valence-electron chi connectivity index (χ1n) is 9.68. The fourth-order valence-electron chi connectivity index (χ4n) is 3.01. The molecule has 1 heterocycles. The van der Waals surface area contributed by atoms with Crippen molar-refractivity contribution < 1.29 is 52.3 Å². The van der Waals surface area contributed by atoms with Crippen molar-refractivity contribution >= 4 is 23.9 Å². The Kier molecular flexibility index (Phi) is 11.2. The maximum absolute atomic E-state index is 12.3. The van der Waals surface area contributed by atoms with Gasteiger partial charge in [0.05, 0.1) is 7.11 Å². The zero-order valence-corrected chi connectivity index (χ0v) is 18.4. The molecule has 0 amide bonds. The SMILES string of the molecule is C=CCCC[C@H](OC)O[C@@H]1O[C@H](C(=O)OC)[C@@H](OC(C)=O)[C@H](OC(C)=O)[C@H]1OC(C)=O. The highest BCUT2D eigenvalue weighted by molar-refractivity contribution is 5.77. The minimum Gasteiger partial charge on any atom is -0.467 e. The van der Waals surface area contributed by atoms with Gasteiger partial charge in [-0.05, 0) is 19.3 Å². The Morgan fingerprint density at radius 3 is 1.97 bits per heavy atom. The predicted octanol–water partition coefficient (Wildman–Crippen LogP) is 1.02. The molecule has 0 radical (unpaired) electrons. The summed E-state index contributed by atoms with van der Waals surface area (Å²) in [7, 11) is 2.52. The lowest BCUT2D eigenvalue weighted by atomic mass is 9.97. The molecular weight excluding hydrogens is 416 g/mol. The molecule has 0 spiro atoms. The smallest absolute Gasteiger partial charge is 0.339 e. The summed E-state index contributed by atoms with van der Waals surface area (Å²) in [5.74, 6) is -3.19. The molecule has 31 heavy (non-hydrogen) atoms. The molecule has 1 aliphatic heterocycles. The van der Waals surface area contributed by atoms with E-state index in [1.54, 1.807) is 6.08 Å². The number of esters is 4. The number of rotatable bonds is 11. The van der Waals surface area contributed by atoms with Crippen LogP contribution in [-0.4, -0.2) is 75.1 Å². The van der Waals surface area contributed by atoms with Gasteiger partial charge in [0.25, 0.3) is 0 Å². The topological polar surface area (TPSA) is 133 Å². The van der Waals surface area contributed by atoms with E-state index in [1.165, 1.54) is 7.11 Å². The Balaban J connectivity index is 3.32. The summed E-state index contributed by atoms with van der Waals surface area (Å²) in [6, 6.07) is 0. The van der Waals surface area contributed by atoms with Crippen LogP contribution in [0.1, 0.15) is 40.0 Å². The molecule has 0 unspecified atom stereocenters. The second-order valence-corrected chi connectivity index (χ2v) is 6.69. The maximum atomic E-state index is 12.3. The fourth-order valence-corrected chi connectivity index (χ4v) is 3.01. The van der Waals surface area contributed by atoms with Crippen LogP contribution in [-0.2, 0) is 52.3 Å². The van der Waals surface area contributed by atoms with E-state index in [9.17, 15) is 19.2 Å². The van der Waals surface area contributed by atoms with Gasteiger partial charge in [-0.1, -0.05) is 6.08 Å². The number of hydrogen-bond donors (Lipinski definition) is 0. The third-order valence-corrected chi connectivity index (χ3v) is 4.23. The summed E-state index contributed by atoms with van der Waals surface area (Å²) in [4.78, 5) is 47.5. The van der Waals surface area contributed by atoms with Gasteiger partial charge in [-0.2, -0.15) is 0 Å². The summed E-state index contributed by atoms with van der Waals surface area (Å²) in [5.41, 5.74) is 0. The molecule has 0 aliphatic carbocycles. The first-order valence-corrected chi connectivity index (χ1v) is 9.68. The highest BCUT2D eigenvalue weighted by Gasteiger charge is 2.55. The van der Waals surface area contributed by atoms with Crippen molar-refractivity contribution in [2.75, 3.05) is 14.2 Å². The van der Waals surface area contributed by atoms with Gasteiger partial charge in [-0.15, -0.1) is 6.58 Å². The Labute approximate surface area is 180 Å². The summed E-state index contributed by atoms with van der Waals surface area (Å²) in [5, 5.41) is 0. The van der Waals surface area contributed by atoms with Crippen molar-refractivity contribution in [3.8, 4) is 0 Å². The summed E-state index contributed by atoms with van der Waals surface area (Å²) in [6.07, 6.45) is -4.36. The van der Waals surface area contributed by atoms with E-state index in [2.05, 4.69) is 6.58 Å². The molecule has 1 fully saturated rings. The molecule has 6 atom stereocenters. The second kappa shape index (κ2) is 13.0. The van der Waals surface area contributed by atoms with Crippen LogP contribution in [0.3, 0.4) is 0 Å². The first kappa shape index (κ1) is 26.5. The second-order valence-electron chi connectivity index (χ2n) is 6.69. The van der Waals surface area contributed by atoms with E-state index >= 15 is 0 Å². The van der Waals surface area contributed by atoms with Crippen molar-refractivity contribution in [2.24, 2.45) is 0 Å². The number of carbonyl (C=O) groups excluding carboxylic acids is 4. The van der Waals surface area contributed by atoms with Crippen molar-refractivity contribution in [1.29, 1.82) is 0 Å². The van der Waals surface area contributed by atoms with Gasteiger partial charge in [0, 0.05) is 27.9 Å². The molecule has 176 valence electrons. The van der Waals surface area contributed by atoms with Gasteiger partial charge in [-0.3, -0.25) is 14.4 Å². The van der Waals surface area contributed by atoms with Crippen molar-refractivity contribution in [1.82, 2.24) is 0 Å². The van der Waals surface area contributed by atoms with Crippen molar-refractivity contribution in [3.05, 3.63) is 12.7 Å². The van der Waals surface area contributed by atoms with Crippen molar-refractivity contribution in [3.63, 3.8) is 0 Å². The lowest BCUT2D eigenvalue weighted by Gasteiger charge is -2.43. The van der Waals surface area contributed by atoms with E-state index in [4.69, 9.17) is 33.2 Å². The molecule has 0 aromatic heterocycles. The monoisotopic (exact) mass is 446 g/mol. The average molecular weight is 446 g/mol. The first-order chi connectivity index (χ1) is 14.6. The largest absolute Gasteiger partial charge is 0.467 e. The van der Waals surface area contributed by atoms with Gasteiger partial charge in [0.15, 0.2) is 30.7 Å². The normalized spacial score (nSPS) is 26.3. The molecule has 0 aromatic carbocycles. The third-order valence-electron chi connectivity index (χ3n) is 4.23. The molecule has 1 aliphatic rings. The zero-order chi connectivity index (χ0) is 23.6. The minimum atomic E-state index is -1.51. The van der Waals surface area contributed by atoms with E-state index in [0.29, 0.717) is 19.3 Å². The Hall–Kier alpha value is -2.50. The van der Waals surface area contributed by atoms with Gasteiger partial charge < -0.3 is 33.2 Å². The van der Waals surface area contributed by atoms with E-state index in [-0.39, 0.29) is 0 Å².